The third-order valence-corrected chi connectivity index (χ3v) is 3.58. The number of esters is 1. The molecule has 0 unspecified atom stereocenters. The summed E-state index contributed by atoms with van der Waals surface area (Å²) < 4.78 is 10.4. The van der Waals surface area contributed by atoms with Gasteiger partial charge in [0.15, 0.2) is 0 Å². The fourth-order valence-electron chi connectivity index (χ4n) is 2.25. The third kappa shape index (κ3) is 5.11. The van der Waals surface area contributed by atoms with E-state index in [-0.39, 0.29) is 5.97 Å². The third-order valence-electron chi connectivity index (χ3n) is 3.58. The molecule has 0 spiro atoms. The van der Waals surface area contributed by atoms with Crippen LogP contribution in [0.3, 0.4) is 0 Å². The summed E-state index contributed by atoms with van der Waals surface area (Å²) in [4.78, 5) is 11.4. The first-order chi connectivity index (χ1) is 11.2. The maximum atomic E-state index is 11.4. The second kappa shape index (κ2) is 8.96. The number of carbonyl (C=O) groups is 1. The van der Waals surface area contributed by atoms with E-state index in [4.69, 9.17) is 9.47 Å². The van der Waals surface area contributed by atoms with Crippen LogP contribution in [0.4, 0.5) is 0 Å². The van der Waals surface area contributed by atoms with E-state index >= 15 is 0 Å². The Bertz CT molecular complexity index is 606. The van der Waals surface area contributed by atoms with E-state index in [0.29, 0.717) is 5.56 Å². The van der Waals surface area contributed by atoms with Crippen molar-refractivity contribution in [1.82, 2.24) is 5.32 Å². The van der Waals surface area contributed by atoms with Crippen molar-refractivity contribution < 1.29 is 14.3 Å². The van der Waals surface area contributed by atoms with Gasteiger partial charge in [0, 0.05) is 0 Å². The van der Waals surface area contributed by atoms with E-state index in [2.05, 4.69) is 5.32 Å². The molecule has 0 saturated heterocycles. The number of hydrogen-bond donors (Lipinski definition) is 1. The smallest absolute Gasteiger partial charge is 0.337 e. The van der Waals surface area contributed by atoms with Gasteiger partial charge in [0.1, 0.15) is 5.75 Å². The number of nitrogens with one attached hydrogen (secondary N) is 1. The molecule has 0 radical (unpaired) electrons. The monoisotopic (exact) mass is 313 g/mol. The maximum absolute atomic E-state index is 11.4. The molecule has 4 heteroatoms. The molecule has 0 amide bonds. The fraction of sp³-hybridized carbons (Fsp3) is 0.316. The summed E-state index contributed by atoms with van der Waals surface area (Å²) in [5, 5.41) is 3.12. The van der Waals surface area contributed by atoms with E-state index < -0.39 is 0 Å². The van der Waals surface area contributed by atoms with Crippen molar-refractivity contribution in [3.05, 3.63) is 54.1 Å². The van der Waals surface area contributed by atoms with Gasteiger partial charge in [0.25, 0.3) is 0 Å². The van der Waals surface area contributed by atoms with Gasteiger partial charge in [-0.15, -0.1) is 0 Å². The zero-order valence-corrected chi connectivity index (χ0v) is 13.7. The largest absolute Gasteiger partial charge is 0.494 e. The fourth-order valence-corrected chi connectivity index (χ4v) is 2.25. The Morgan fingerprint density at radius 1 is 0.957 bits per heavy atom. The normalized spacial score (nSPS) is 10.3. The molecule has 122 valence electrons. The summed E-state index contributed by atoms with van der Waals surface area (Å²) in [7, 11) is 3.34. The van der Waals surface area contributed by atoms with Crippen LogP contribution < -0.4 is 10.1 Å². The second-order valence-corrected chi connectivity index (χ2v) is 5.25. The first-order valence-electron chi connectivity index (χ1n) is 7.81. The molecule has 0 aliphatic carbocycles. The van der Waals surface area contributed by atoms with Gasteiger partial charge >= 0.3 is 5.97 Å². The minimum atomic E-state index is -0.321. The predicted octanol–water partition coefficient (Wildman–Crippen LogP) is 3.52. The van der Waals surface area contributed by atoms with Crippen molar-refractivity contribution >= 4 is 5.97 Å². The first kappa shape index (κ1) is 17.0. The lowest BCUT2D eigenvalue weighted by molar-refractivity contribution is 0.0601. The Labute approximate surface area is 137 Å². The Morgan fingerprint density at radius 2 is 1.57 bits per heavy atom. The van der Waals surface area contributed by atoms with Gasteiger partial charge < -0.3 is 14.8 Å². The molecule has 4 nitrogen and oxygen atoms in total. The highest BCUT2D eigenvalue weighted by Crippen LogP contribution is 2.23. The number of methoxy groups -OCH3 is 1. The minimum absolute atomic E-state index is 0.321. The first-order valence-corrected chi connectivity index (χ1v) is 7.81. The molecule has 0 heterocycles. The topological polar surface area (TPSA) is 47.6 Å². The van der Waals surface area contributed by atoms with Gasteiger partial charge in [-0.1, -0.05) is 24.3 Å². The summed E-state index contributed by atoms with van der Waals surface area (Å²) >= 11 is 0. The van der Waals surface area contributed by atoms with Crippen molar-refractivity contribution in [3.8, 4) is 16.9 Å². The molecule has 2 aromatic rings. The summed E-state index contributed by atoms with van der Waals surface area (Å²) in [5.41, 5.74) is 2.69. The van der Waals surface area contributed by atoms with E-state index in [0.717, 1.165) is 42.9 Å². The van der Waals surface area contributed by atoms with Crippen molar-refractivity contribution in [1.29, 1.82) is 0 Å². The Balaban J connectivity index is 1.92. The molecule has 0 bridgehead atoms. The second-order valence-electron chi connectivity index (χ2n) is 5.25. The summed E-state index contributed by atoms with van der Waals surface area (Å²) in [6.07, 6.45) is 2.15. The Hall–Kier alpha value is -2.33. The van der Waals surface area contributed by atoms with Gasteiger partial charge in [-0.05, 0) is 61.8 Å². The zero-order valence-electron chi connectivity index (χ0n) is 13.7. The average molecular weight is 313 g/mol. The van der Waals surface area contributed by atoms with Crippen LogP contribution >= 0.6 is 0 Å². The molecule has 0 fully saturated rings. The number of rotatable bonds is 8. The van der Waals surface area contributed by atoms with E-state index in [1.165, 1.54) is 7.11 Å². The van der Waals surface area contributed by atoms with Gasteiger partial charge in [-0.25, -0.2) is 4.79 Å². The van der Waals surface area contributed by atoms with Crippen LogP contribution in [-0.2, 0) is 4.74 Å². The number of ether oxygens (including phenoxy) is 2. The number of hydrogen-bond acceptors (Lipinski definition) is 4. The van der Waals surface area contributed by atoms with Crippen molar-refractivity contribution in [3.63, 3.8) is 0 Å². The highest BCUT2D eigenvalue weighted by atomic mass is 16.5. The molecule has 2 aromatic carbocycles. The molecule has 0 saturated carbocycles. The molecular weight excluding hydrogens is 290 g/mol. The van der Waals surface area contributed by atoms with Crippen LogP contribution in [-0.4, -0.2) is 33.3 Å². The van der Waals surface area contributed by atoms with Crippen LogP contribution in [0.2, 0.25) is 0 Å². The molecule has 0 atom stereocenters. The number of unbranched alkanes of at least 4 members (excludes halogenated alkanes) is 1. The van der Waals surface area contributed by atoms with Crippen molar-refractivity contribution in [2.45, 2.75) is 12.8 Å². The van der Waals surface area contributed by atoms with Gasteiger partial charge in [-0.2, -0.15) is 0 Å². The van der Waals surface area contributed by atoms with Gasteiger partial charge in [0.05, 0.1) is 19.3 Å². The zero-order chi connectivity index (χ0) is 16.5. The molecule has 0 aliphatic rings. The Kier molecular flexibility index (Phi) is 6.63. The molecule has 0 aliphatic heterocycles. The molecule has 0 aromatic heterocycles. The van der Waals surface area contributed by atoms with E-state index in [9.17, 15) is 4.79 Å². The highest BCUT2D eigenvalue weighted by molar-refractivity contribution is 5.89. The summed E-state index contributed by atoms with van der Waals surface area (Å²) in [6.45, 7) is 1.75. The van der Waals surface area contributed by atoms with Crippen LogP contribution in [0.5, 0.6) is 5.75 Å². The van der Waals surface area contributed by atoms with Gasteiger partial charge in [0.2, 0.25) is 0 Å². The molecular formula is C19H23NO3. The van der Waals surface area contributed by atoms with Crippen molar-refractivity contribution in [2.75, 3.05) is 27.3 Å². The SMILES string of the molecule is CNCCCCOc1ccc(-c2ccc(C(=O)OC)cc2)cc1. The van der Waals surface area contributed by atoms with Crippen molar-refractivity contribution in [2.24, 2.45) is 0 Å². The lowest BCUT2D eigenvalue weighted by Crippen LogP contribution is -2.09. The van der Waals surface area contributed by atoms with Crippen LogP contribution in [0, 0.1) is 0 Å². The van der Waals surface area contributed by atoms with Crippen LogP contribution in [0.15, 0.2) is 48.5 Å². The van der Waals surface area contributed by atoms with Gasteiger partial charge in [-0.3, -0.25) is 0 Å². The number of benzene rings is 2. The van der Waals surface area contributed by atoms with Crippen LogP contribution in [0.25, 0.3) is 11.1 Å². The Morgan fingerprint density at radius 3 is 2.13 bits per heavy atom. The molecule has 1 N–H and O–H groups in total. The van der Waals surface area contributed by atoms with Crippen LogP contribution in [0.1, 0.15) is 23.2 Å². The lowest BCUT2D eigenvalue weighted by Gasteiger charge is -2.08. The summed E-state index contributed by atoms with van der Waals surface area (Å²) in [5.74, 6) is 0.558. The van der Waals surface area contributed by atoms with E-state index in [1.807, 2.05) is 43.4 Å². The predicted molar refractivity (Wildman–Crippen MR) is 91.9 cm³/mol. The minimum Gasteiger partial charge on any atom is -0.494 e. The average Bonchev–Trinajstić information content (AvgIpc) is 2.61. The quantitative estimate of drug-likeness (QED) is 0.598. The summed E-state index contributed by atoms with van der Waals surface area (Å²) in [6, 6.07) is 15.4. The van der Waals surface area contributed by atoms with E-state index in [1.54, 1.807) is 12.1 Å². The molecule has 2 rings (SSSR count). The number of carbonyl (C=O) groups excluding carboxylic acids is 1. The highest BCUT2D eigenvalue weighted by Gasteiger charge is 2.05. The maximum Gasteiger partial charge on any atom is 0.337 e. The lowest BCUT2D eigenvalue weighted by atomic mass is 10.0. The standard InChI is InChI=1S/C19H23NO3/c1-20-13-3-4-14-23-18-11-9-16(10-12-18)15-5-7-17(8-6-15)19(21)22-2/h5-12,20H,3-4,13-14H2,1-2H3. The molecule has 23 heavy (non-hydrogen) atoms.